The molecule has 108 valence electrons. The summed E-state index contributed by atoms with van der Waals surface area (Å²) < 4.78 is 5.24. The number of benzene rings is 1. The highest BCUT2D eigenvalue weighted by molar-refractivity contribution is 5.79. The maximum atomic E-state index is 12.3. The molecule has 20 heavy (non-hydrogen) atoms. The summed E-state index contributed by atoms with van der Waals surface area (Å²) >= 11 is 0. The van der Waals surface area contributed by atoms with Crippen molar-refractivity contribution in [1.29, 1.82) is 0 Å². The maximum Gasteiger partial charge on any atom is 0.223 e. The molecule has 0 unspecified atom stereocenters. The highest BCUT2D eigenvalue weighted by Gasteiger charge is 2.43. The van der Waals surface area contributed by atoms with Gasteiger partial charge in [0.2, 0.25) is 5.91 Å². The number of ether oxygens (including phenoxy) is 1. The number of nitrogens with one attached hydrogen (secondary N) is 1. The quantitative estimate of drug-likeness (QED) is 0.914. The van der Waals surface area contributed by atoms with Crippen LogP contribution in [0.5, 0.6) is 5.75 Å². The molecule has 2 fully saturated rings. The third-order valence-electron chi connectivity index (χ3n) is 4.58. The van der Waals surface area contributed by atoms with Crippen LogP contribution in [-0.4, -0.2) is 37.6 Å². The zero-order valence-electron chi connectivity index (χ0n) is 12.0. The molecule has 0 aromatic heterocycles. The summed E-state index contributed by atoms with van der Waals surface area (Å²) in [6, 6.07) is 7.99. The SMILES string of the molecule is COc1cccc(CN2CC3(CCNCC3)CC2=O)c1. The predicted molar refractivity (Wildman–Crippen MR) is 77.6 cm³/mol. The van der Waals surface area contributed by atoms with Gasteiger partial charge in [0.05, 0.1) is 7.11 Å². The number of amides is 1. The molecular formula is C16H22N2O2. The molecule has 0 atom stereocenters. The van der Waals surface area contributed by atoms with Gasteiger partial charge < -0.3 is 15.0 Å². The fraction of sp³-hybridized carbons (Fsp3) is 0.562. The Morgan fingerprint density at radius 3 is 2.90 bits per heavy atom. The van der Waals surface area contributed by atoms with E-state index in [1.165, 1.54) is 0 Å². The van der Waals surface area contributed by atoms with Gasteiger partial charge >= 0.3 is 0 Å². The van der Waals surface area contributed by atoms with Gasteiger partial charge in [-0.25, -0.2) is 0 Å². The van der Waals surface area contributed by atoms with Crippen LogP contribution >= 0.6 is 0 Å². The van der Waals surface area contributed by atoms with Gasteiger partial charge in [0.15, 0.2) is 0 Å². The Labute approximate surface area is 120 Å². The lowest BCUT2D eigenvalue weighted by Crippen LogP contribution is -2.38. The summed E-state index contributed by atoms with van der Waals surface area (Å²) in [6.07, 6.45) is 2.96. The molecule has 1 spiro atoms. The van der Waals surface area contributed by atoms with Gasteiger partial charge in [-0.15, -0.1) is 0 Å². The fourth-order valence-electron chi connectivity index (χ4n) is 3.41. The Hall–Kier alpha value is -1.55. The second-order valence-corrected chi connectivity index (χ2v) is 6.03. The number of hydrogen-bond donors (Lipinski definition) is 1. The number of methoxy groups -OCH3 is 1. The van der Waals surface area contributed by atoms with Crippen molar-refractivity contribution in [2.75, 3.05) is 26.7 Å². The van der Waals surface area contributed by atoms with Crippen molar-refractivity contribution in [3.8, 4) is 5.75 Å². The van der Waals surface area contributed by atoms with Gasteiger partial charge in [-0.1, -0.05) is 12.1 Å². The average Bonchev–Trinajstić information content (AvgIpc) is 2.75. The predicted octanol–water partition coefficient (Wildman–Crippen LogP) is 1.80. The van der Waals surface area contributed by atoms with Crippen molar-refractivity contribution < 1.29 is 9.53 Å². The molecule has 2 heterocycles. The Balaban J connectivity index is 1.69. The molecule has 2 aliphatic rings. The number of nitrogens with zero attached hydrogens (tertiary/aromatic N) is 1. The zero-order valence-corrected chi connectivity index (χ0v) is 12.0. The first-order chi connectivity index (χ1) is 9.71. The second-order valence-electron chi connectivity index (χ2n) is 6.03. The Morgan fingerprint density at radius 1 is 1.35 bits per heavy atom. The molecule has 0 radical (unpaired) electrons. The third-order valence-corrected chi connectivity index (χ3v) is 4.58. The van der Waals surface area contributed by atoms with Crippen LogP contribution in [0.1, 0.15) is 24.8 Å². The van der Waals surface area contributed by atoms with Crippen LogP contribution in [0.15, 0.2) is 24.3 Å². The molecule has 1 aromatic carbocycles. The lowest BCUT2D eigenvalue weighted by Gasteiger charge is -2.33. The molecule has 2 saturated heterocycles. The summed E-state index contributed by atoms with van der Waals surface area (Å²) in [5.74, 6) is 1.15. The summed E-state index contributed by atoms with van der Waals surface area (Å²) in [5, 5.41) is 3.38. The molecular weight excluding hydrogens is 252 g/mol. The number of hydrogen-bond acceptors (Lipinski definition) is 3. The molecule has 1 aromatic rings. The van der Waals surface area contributed by atoms with Gasteiger partial charge in [0.25, 0.3) is 0 Å². The van der Waals surface area contributed by atoms with Crippen molar-refractivity contribution in [2.24, 2.45) is 5.41 Å². The van der Waals surface area contributed by atoms with Crippen LogP contribution in [0.2, 0.25) is 0 Å². The first-order valence-electron chi connectivity index (χ1n) is 7.32. The van der Waals surface area contributed by atoms with Crippen molar-refractivity contribution >= 4 is 5.91 Å². The summed E-state index contributed by atoms with van der Waals surface area (Å²) in [7, 11) is 1.67. The van der Waals surface area contributed by atoms with Crippen molar-refractivity contribution in [3.63, 3.8) is 0 Å². The molecule has 0 aliphatic carbocycles. The van der Waals surface area contributed by atoms with Crippen LogP contribution in [0, 0.1) is 5.41 Å². The minimum absolute atomic E-state index is 0.223. The minimum atomic E-state index is 0.223. The summed E-state index contributed by atoms with van der Waals surface area (Å²) in [4.78, 5) is 14.3. The topological polar surface area (TPSA) is 41.6 Å². The number of carbonyl (C=O) groups excluding carboxylic acids is 1. The lowest BCUT2D eigenvalue weighted by atomic mass is 9.78. The van der Waals surface area contributed by atoms with Gasteiger partial charge in [0.1, 0.15) is 5.75 Å². The van der Waals surface area contributed by atoms with Crippen LogP contribution < -0.4 is 10.1 Å². The summed E-state index contributed by atoms with van der Waals surface area (Å²) in [5.41, 5.74) is 1.37. The molecule has 1 N–H and O–H groups in total. The van der Waals surface area contributed by atoms with Crippen LogP contribution in [0.25, 0.3) is 0 Å². The van der Waals surface area contributed by atoms with E-state index in [4.69, 9.17) is 4.74 Å². The molecule has 3 rings (SSSR count). The first-order valence-corrected chi connectivity index (χ1v) is 7.32. The van der Waals surface area contributed by atoms with E-state index in [1.807, 2.05) is 23.1 Å². The summed E-state index contributed by atoms with van der Waals surface area (Å²) in [6.45, 7) is 3.69. The van der Waals surface area contributed by atoms with E-state index >= 15 is 0 Å². The van der Waals surface area contributed by atoms with Crippen LogP contribution in [0.4, 0.5) is 0 Å². The molecule has 0 saturated carbocycles. The van der Waals surface area contributed by atoms with E-state index < -0.39 is 0 Å². The number of carbonyl (C=O) groups is 1. The van der Waals surface area contributed by atoms with Crippen LogP contribution in [-0.2, 0) is 11.3 Å². The third kappa shape index (κ3) is 2.66. The number of piperidine rings is 1. The number of rotatable bonds is 3. The van der Waals surface area contributed by atoms with E-state index in [2.05, 4.69) is 11.4 Å². The molecule has 4 nitrogen and oxygen atoms in total. The Morgan fingerprint density at radius 2 is 2.15 bits per heavy atom. The van der Waals surface area contributed by atoms with Crippen molar-refractivity contribution in [2.45, 2.75) is 25.8 Å². The highest BCUT2D eigenvalue weighted by atomic mass is 16.5. The maximum absolute atomic E-state index is 12.3. The van der Waals surface area contributed by atoms with E-state index in [9.17, 15) is 4.79 Å². The van der Waals surface area contributed by atoms with E-state index in [1.54, 1.807) is 7.11 Å². The standard InChI is InChI=1S/C16H22N2O2/c1-20-14-4-2-3-13(9-14)11-18-12-16(10-15(18)19)5-7-17-8-6-16/h2-4,9,17H,5-8,10-12H2,1H3. The molecule has 1 amide bonds. The smallest absolute Gasteiger partial charge is 0.223 e. The van der Waals surface area contributed by atoms with E-state index in [0.29, 0.717) is 12.5 Å². The monoisotopic (exact) mass is 274 g/mol. The largest absolute Gasteiger partial charge is 0.497 e. The highest BCUT2D eigenvalue weighted by Crippen LogP contribution is 2.39. The van der Waals surface area contributed by atoms with E-state index in [0.717, 1.165) is 50.2 Å². The second kappa shape index (κ2) is 5.44. The fourth-order valence-corrected chi connectivity index (χ4v) is 3.41. The van der Waals surface area contributed by atoms with E-state index in [-0.39, 0.29) is 5.41 Å². The number of likely N-dealkylation sites (tertiary alicyclic amines) is 1. The lowest BCUT2D eigenvalue weighted by molar-refractivity contribution is -0.128. The molecule has 0 bridgehead atoms. The normalized spacial score (nSPS) is 21.4. The van der Waals surface area contributed by atoms with Gasteiger partial charge in [-0.2, -0.15) is 0 Å². The minimum Gasteiger partial charge on any atom is -0.497 e. The Kier molecular flexibility index (Phi) is 3.66. The Bertz CT molecular complexity index is 495. The first kappa shape index (κ1) is 13.4. The van der Waals surface area contributed by atoms with Crippen molar-refractivity contribution in [1.82, 2.24) is 10.2 Å². The van der Waals surface area contributed by atoms with Gasteiger partial charge in [-0.05, 0) is 49.0 Å². The molecule has 4 heteroatoms. The van der Waals surface area contributed by atoms with Gasteiger partial charge in [0, 0.05) is 19.5 Å². The van der Waals surface area contributed by atoms with Crippen molar-refractivity contribution in [3.05, 3.63) is 29.8 Å². The molecule has 2 aliphatic heterocycles. The average molecular weight is 274 g/mol. The zero-order chi connectivity index (χ0) is 14.0. The van der Waals surface area contributed by atoms with Crippen LogP contribution in [0.3, 0.4) is 0 Å². The van der Waals surface area contributed by atoms with Gasteiger partial charge in [-0.3, -0.25) is 4.79 Å².